The Balaban J connectivity index is 5.45. The number of phosphoric acid groups is 1. The van der Waals surface area contributed by atoms with Crippen molar-refractivity contribution in [1.82, 2.24) is 0 Å². The number of rotatable bonds is 28. The lowest BCUT2D eigenvalue weighted by Gasteiger charge is -2.43. The standard InChI is InChI=1S/C32H68NO10PSi4/c1-29(2)31(34)21-15-17-26-45(8,9)41-47(12,13)43-48(14,42-46(10,11)27-18-16-23-38-32(35)30(3)4)28-20-25-40-44(36,37)39-24-19-22-33(5,6)7/h1,3,15-28H2,2,4-14H3. The van der Waals surface area contributed by atoms with E-state index in [2.05, 4.69) is 52.4 Å². The molecule has 0 bridgehead atoms. The van der Waals surface area contributed by atoms with Crippen LogP contribution >= 0.6 is 7.82 Å². The summed E-state index contributed by atoms with van der Waals surface area (Å²) < 4.78 is 49.3. The van der Waals surface area contributed by atoms with Gasteiger partial charge in [0.25, 0.3) is 7.82 Å². The van der Waals surface area contributed by atoms with Crippen molar-refractivity contribution in [2.75, 3.05) is 47.5 Å². The van der Waals surface area contributed by atoms with E-state index < -0.39 is 41.6 Å². The first-order valence-corrected chi connectivity index (χ1v) is 30.2. The Bertz CT molecular complexity index is 1100. The molecular weight excluding hydrogens is 702 g/mol. The van der Waals surface area contributed by atoms with Gasteiger partial charge in [-0.05, 0) is 103 Å². The molecule has 0 aromatic heterocycles. The van der Waals surface area contributed by atoms with Crippen LogP contribution in [0.25, 0.3) is 0 Å². The quantitative estimate of drug-likeness (QED) is 0.0198. The number of carbonyl (C=O) groups excluding carboxylic acids is 2. The summed E-state index contributed by atoms with van der Waals surface area (Å²) in [6, 6.07) is 2.29. The van der Waals surface area contributed by atoms with Crippen molar-refractivity contribution in [2.45, 2.75) is 123 Å². The van der Waals surface area contributed by atoms with Crippen molar-refractivity contribution < 1.29 is 49.7 Å². The molecule has 16 heteroatoms. The van der Waals surface area contributed by atoms with Crippen LogP contribution in [-0.4, -0.2) is 97.5 Å². The van der Waals surface area contributed by atoms with E-state index >= 15 is 0 Å². The highest BCUT2D eigenvalue weighted by molar-refractivity contribution is 7.45. The summed E-state index contributed by atoms with van der Waals surface area (Å²) >= 11 is 0. The number of quaternary nitrogens is 1. The van der Waals surface area contributed by atoms with Gasteiger partial charge in [0.1, 0.15) is 0 Å². The normalized spacial score (nSPS) is 15.4. The monoisotopic (exact) mass is 769 g/mol. The van der Waals surface area contributed by atoms with Crippen LogP contribution in [0.3, 0.4) is 0 Å². The number of allylic oxidation sites excluding steroid dienone is 1. The lowest BCUT2D eigenvalue weighted by molar-refractivity contribution is -0.870. The Morgan fingerprint density at radius 2 is 1.21 bits per heavy atom. The summed E-state index contributed by atoms with van der Waals surface area (Å²) in [4.78, 5) is 36.1. The van der Waals surface area contributed by atoms with Crippen LogP contribution in [0.5, 0.6) is 0 Å². The fraction of sp³-hybridized carbons (Fsp3) is 0.812. The van der Waals surface area contributed by atoms with Crippen molar-refractivity contribution in [3.05, 3.63) is 24.3 Å². The van der Waals surface area contributed by atoms with Crippen LogP contribution in [-0.2, 0) is 40.3 Å². The fourth-order valence-electron chi connectivity index (χ4n) is 5.33. The molecule has 0 saturated carbocycles. The van der Waals surface area contributed by atoms with Gasteiger partial charge in [-0.15, -0.1) is 0 Å². The molecule has 0 aromatic rings. The molecular formula is C32H68NO10PSi4. The minimum absolute atomic E-state index is 0.0204. The highest BCUT2D eigenvalue weighted by atomic mass is 31.2. The largest absolute Gasteiger partial charge is 0.756 e. The minimum Gasteiger partial charge on any atom is -0.756 e. The SMILES string of the molecule is C=C(C)C(=O)CCCC[Si](C)(C)O[Si](C)(C)O[Si](C)(CCCOP(=O)([O-])OCCC[N+](C)(C)C)O[Si](C)(C)CCCCOC(=O)C(=C)C. The molecule has 0 saturated heterocycles. The molecule has 0 aliphatic rings. The molecule has 0 rings (SSSR count). The third kappa shape index (κ3) is 24.6. The molecule has 0 radical (unpaired) electrons. The number of phosphoric ester groups is 1. The van der Waals surface area contributed by atoms with Crippen molar-refractivity contribution in [3.8, 4) is 0 Å². The van der Waals surface area contributed by atoms with Crippen molar-refractivity contribution in [3.63, 3.8) is 0 Å². The van der Waals surface area contributed by atoms with E-state index in [1.807, 2.05) is 27.7 Å². The van der Waals surface area contributed by atoms with Crippen molar-refractivity contribution >= 4 is 53.3 Å². The molecule has 0 fully saturated rings. The summed E-state index contributed by atoms with van der Waals surface area (Å²) in [5.41, 5.74) is 0.979. The van der Waals surface area contributed by atoms with Gasteiger partial charge in [0.2, 0.25) is 0 Å². The predicted octanol–water partition coefficient (Wildman–Crippen LogP) is 7.42. The summed E-state index contributed by atoms with van der Waals surface area (Å²) in [6.07, 6.45) is 4.81. The lowest BCUT2D eigenvalue weighted by atomic mass is 10.1. The van der Waals surface area contributed by atoms with Gasteiger partial charge in [0.05, 0.1) is 47.5 Å². The number of carbonyl (C=O) groups is 2. The number of Topliss-reactive ketones (excluding diaryl/α,β-unsaturated/α-hetero) is 1. The summed E-state index contributed by atoms with van der Waals surface area (Å²) in [5.74, 6) is -0.273. The average molecular weight is 770 g/mol. The van der Waals surface area contributed by atoms with Crippen molar-refractivity contribution in [2.24, 2.45) is 0 Å². The van der Waals surface area contributed by atoms with E-state index in [1.165, 1.54) is 0 Å². The molecule has 2 unspecified atom stereocenters. The number of ether oxygens (including phenoxy) is 1. The van der Waals surface area contributed by atoms with Gasteiger partial charge in [0.15, 0.2) is 22.4 Å². The van der Waals surface area contributed by atoms with Crippen molar-refractivity contribution in [1.29, 1.82) is 0 Å². The van der Waals surface area contributed by atoms with Gasteiger partial charge in [-0.2, -0.15) is 0 Å². The number of hydrogen-bond acceptors (Lipinski definition) is 10. The second-order valence-electron chi connectivity index (χ2n) is 15.7. The fourth-order valence-corrected chi connectivity index (χ4v) is 26.0. The number of hydrogen-bond donors (Lipinski definition) is 0. The summed E-state index contributed by atoms with van der Waals surface area (Å²) in [7, 11) is -8.23. The maximum absolute atomic E-state index is 12.4. The third-order valence-corrected chi connectivity index (χ3v) is 24.6. The first kappa shape index (κ1) is 47.4. The molecule has 0 amide bonds. The topological polar surface area (TPSA) is 130 Å². The van der Waals surface area contributed by atoms with E-state index in [0.717, 1.165) is 48.8 Å². The van der Waals surface area contributed by atoms with E-state index in [1.54, 1.807) is 13.8 Å². The first-order valence-electron chi connectivity index (χ1n) is 17.2. The Kier molecular flexibility index (Phi) is 20.8. The molecule has 11 nitrogen and oxygen atoms in total. The lowest BCUT2D eigenvalue weighted by Crippen LogP contribution is -2.57. The van der Waals surface area contributed by atoms with Gasteiger partial charge < -0.3 is 35.5 Å². The van der Waals surface area contributed by atoms with Gasteiger partial charge in [-0.25, -0.2) is 4.79 Å². The zero-order valence-corrected chi connectivity index (χ0v) is 37.2. The molecule has 0 heterocycles. The van der Waals surface area contributed by atoms with E-state index in [-0.39, 0.29) is 25.0 Å². The number of esters is 1. The molecule has 0 N–H and O–H groups in total. The summed E-state index contributed by atoms with van der Waals surface area (Å²) in [6.45, 7) is 26.8. The minimum atomic E-state index is -4.42. The van der Waals surface area contributed by atoms with Crippen LogP contribution < -0.4 is 4.89 Å². The van der Waals surface area contributed by atoms with E-state index in [9.17, 15) is 19.0 Å². The highest BCUT2D eigenvalue weighted by Crippen LogP contribution is 2.39. The predicted molar refractivity (Wildman–Crippen MR) is 202 cm³/mol. The first-order chi connectivity index (χ1) is 21.7. The molecule has 0 spiro atoms. The Hall–Kier alpha value is -0.562. The zero-order chi connectivity index (χ0) is 37.5. The second kappa shape index (κ2) is 21.1. The third-order valence-electron chi connectivity index (χ3n) is 7.39. The Labute approximate surface area is 296 Å². The maximum atomic E-state index is 12.4. The summed E-state index contributed by atoms with van der Waals surface area (Å²) in [5, 5.41) is 0. The van der Waals surface area contributed by atoms with Crippen LogP contribution in [0.4, 0.5) is 0 Å². The molecule has 0 aliphatic carbocycles. The number of unbranched alkanes of at least 4 members (excludes halogenated alkanes) is 2. The molecule has 0 aromatic carbocycles. The van der Waals surface area contributed by atoms with E-state index in [0.29, 0.717) is 43.1 Å². The number of ketones is 1. The van der Waals surface area contributed by atoms with E-state index in [4.69, 9.17) is 26.1 Å². The highest BCUT2D eigenvalue weighted by Gasteiger charge is 2.45. The average Bonchev–Trinajstić information content (AvgIpc) is 2.89. The molecule has 2 atom stereocenters. The molecule has 0 aliphatic heterocycles. The van der Waals surface area contributed by atoms with Gasteiger partial charge in [-0.3, -0.25) is 9.36 Å². The Morgan fingerprint density at radius 1 is 0.688 bits per heavy atom. The van der Waals surface area contributed by atoms with Crippen LogP contribution in [0.2, 0.25) is 64.0 Å². The maximum Gasteiger partial charge on any atom is 0.333 e. The van der Waals surface area contributed by atoms with Gasteiger partial charge in [-0.1, -0.05) is 26.0 Å². The van der Waals surface area contributed by atoms with Crippen LogP contribution in [0, 0.1) is 0 Å². The molecule has 282 valence electrons. The van der Waals surface area contributed by atoms with Gasteiger partial charge in [0, 0.05) is 18.4 Å². The molecule has 48 heavy (non-hydrogen) atoms. The van der Waals surface area contributed by atoms with Crippen LogP contribution in [0.15, 0.2) is 24.3 Å². The van der Waals surface area contributed by atoms with Gasteiger partial charge >= 0.3 is 23.1 Å². The Morgan fingerprint density at radius 3 is 1.73 bits per heavy atom. The second-order valence-corrected chi connectivity index (χ2v) is 33.2. The number of nitrogens with zero attached hydrogens (tertiary/aromatic N) is 1. The van der Waals surface area contributed by atoms with Crippen LogP contribution in [0.1, 0.15) is 58.8 Å². The smallest absolute Gasteiger partial charge is 0.333 e. The zero-order valence-electron chi connectivity index (χ0n) is 32.3.